The van der Waals surface area contributed by atoms with E-state index in [1.807, 2.05) is 36.4 Å². The number of Topliss-reactive ketones (excluding diaryl/α,β-unsaturated/α-hetero) is 1. The van der Waals surface area contributed by atoms with Gasteiger partial charge in [-0.25, -0.2) is 4.98 Å². The van der Waals surface area contributed by atoms with Gasteiger partial charge in [0.25, 0.3) is 0 Å². The Kier molecular flexibility index (Phi) is 3.28. The largest absolute Gasteiger partial charge is 0.398 e. The average molecular weight is 277 g/mol. The Morgan fingerprint density at radius 3 is 2.43 bits per heavy atom. The molecular weight excluding hydrogens is 262 g/mol. The molecule has 0 aliphatic carbocycles. The molecule has 0 atom stereocenters. The van der Waals surface area contributed by atoms with Gasteiger partial charge in [0.2, 0.25) is 0 Å². The summed E-state index contributed by atoms with van der Waals surface area (Å²) in [5.74, 6) is 0.385. The monoisotopic (exact) mass is 277 g/mol. The first kappa shape index (κ1) is 13.1. The molecule has 3 aromatic rings. The second kappa shape index (κ2) is 5.25. The molecule has 21 heavy (non-hydrogen) atoms. The predicted molar refractivity (Wildman–Crippen MR) is 85.0 cm³/mol. The van der Waals surface area contributed by atoms with Crippen LogP contribution in [0.1, 0.15) is 15.9 Å². The molecule has 0 bridgehead atoms. The van der Waals surface area contributed by atoms with Gasteiger partial charge in [0, 0.05) is 23.9 Å². The van der Waals surface area contributed by atoms with Gasteiger partial charge < -0.3 is 11.5 Å². The van der Waals surface area contributed by atoms with Gasteiger partial charge >= 0.3 is 0 Å². The standard InChI is InChI=1S/C17H15N3O/c18-15-10-13-4-2-1-3-12(13)9-14(15)16(21)7-11-5-6-20-17(19)8-11/h1-6,8-10H,7,18H2,(H2,19,20). The van der Waals surface area contributed by atoms with Crippen LogP contribution in [0.15, 0.2) is 54.7 Å². The van der Waals surface area contributed by atoms with Gasteiger partial charge in [-0.15, -0.1) is 0 Å². The van der Waals surface area contributed by atoms with Crippen molar-refractivity contribution in [2.24, 2.45) is 0 Å². The third kappa shape index (κ3) is 2.69. The Labute approximate surface area is 122 Å². The van der Waals surface area contributed by atoms with Crippen molar-refractivity contribution in [1.82, 2.24) is 4.98 Å². The number of fused-ring (bicyclic) bond motifs is 1. The van der Waals surface area contributed by atoms with Gasteiger partial charge in [-0.2, -0.15) is 0 Å². The SMILES string of the molecule is Nc1cc(CC(=O)c2cc3ccccc3cc2N)ccn1. The van der Waals surface area contributed by atoms with E-state index in [4.69, 9.17) is 11.5 Å². The molecule has 0 saturated carbocycles. The lowest BCUT2D eigenvalue weighted by Crippen LogP contribution is -2.07. The molecule has 4 nitrogen and oxygen atoms in total. The summed E-state index contributed by atoms with van der Waals surface area (Å²) in [4.78, 5) is 16.4. The van der Waals surface area contributed by atoms with Gasteiger partial charge in [0.15, 0.2) is 5.78 Å². The Hall–Kier alpha value is -2.88. The van der Waals surface area contributed by atoms with Crippen LogP contribution in [0.2, 0.25) is 0 Å². The molecule has 0 radical (unpaired) electrons. The molecule has 4 heteroatoms. The molecule has 0 unspecified atom stereocenters. The molecule has 0 aliphatic heterocycles. The number of anilines is 2. The van der Waals surface area contributed by atoms with Crippen LogP contribution in [-0.4, -0.2) is 10.8 Å². The highest BCUT2D eigenvalue weighted by Gasteiger charge is 2.12. The highest BCUT2D eigenvalue weighted by molar-refractivity contribution is 6.05. The third-order valence-electron chi connectivity index (χ3n) is 3.43. The molecule has 2 aromatic carbocycles. The normalized spacial score (nSPS) is 10.7. The Morgan fingerprint density at radius 1 is 1.00 bits per heavy atom. The molecule has 104 valence electrons. The van der Waals surface area contributed by atoms with E-state index < -0.39 is 0 Å². The van der Waals surface area contributed by atoms with Gasteiger partial charge in [-0.3, -0.25) is 4.79 Å². The van der Waals surface area contributed by atoms with Crippen LogP contribution in [0.5, 0.6) is 0 Å². The number of ketones is 1. The fraction of sp³-hybridized carbons (Fsp3) is 0.0588. The minimum absolute atomic E-state index is 0.0242. The van der Waals surface area contributed by atoms with E-state index in [9.17, 15) is 4.79 Å². The number of aromatic nitrogens is 1. The van der Waals surface area contributed by atoms with E-state index in [1.54, 1.807) is 18.3 Å². The van der Waals surface area contributed by atoms with E-state index in [1.165, 1.54) is 0 Å². The molecule has 4 N–H and O–H groups in total. The van der Waals surface area contributed by atoms with Crippen LogP contribution in [0.3, 0.4) is 0 Å². The average Bonchev–Trinajstić information content (AvgIpc) is 2.46. The molecular formula is C17H15N3O. The van der Waals surface area contributed by atoms with Crippen LogP contribution < -0.4 is 11.5 Å². The van der Waals surface area contributed by atoms with Crippen LogP contribution in [0, 0.1) is 0 Å². The quantitative estimate of drug-likeness (QED) is 0.569. The van der Waals surface area contributed by atoms with Crippen LogP contribution in [0.4, 0.5) is 11.5 Å². The first-order valence-electron chi connectivity index (χ1n) is 6.65. The summed E-state index contributed by atoms with van der Waals surface area (Å²) in [6, 6.07) is 15.0. The van der Waals surface area contributed by atoms with Crippen molar-refractivity contribution >= 4 is 28.1 Å². The van der Waals surface area contributed by atoms with Crippen molar-refractivity contribution in [3.8, 4) is 0 Å². The first-order valence-corrected chi connectivity index (χ1v) is 6.65. The van der Waals surface area contributed by atoms with Crippen molar-refractivity contribution in [2.75, 3.05) is 11.5 Å². The lowest BCUT2D eigenvalue weighted by Gasteiger charge is -2.08. The van der Waals surface area contributed by atoms with Crippen molar-refractivity contribution in [3.05, 3.63) is 65.9 Å². The Morgan fingerprint density at radius 2 is 1.71 bits per heavy atom. The number of hydrogen-bond donors (Lipinski definition) is 2. The van der Waals surface area contributed by atoms with E-state index in [-0.39, 0.29) is 12.2 Å². The van der Waals surface area contributed by atoms with Crippen molar-refractivity contribution < 1.29 is 4.79 Å². The third-order valence-corrected chi connectivity index (χ3v) is 3.43. The number of nitrogens with zero attached hydrogens (tertiary/aromatic N) is 1. The topological polar surface area (TPSA) is 82.0 Å². The van der Waals surface area contributed by atoms with Crippen LogP contribution in [0.25, 0.3) is 10.8 Å². The van der Waals surface area contributed by atoms with Gasteiger partial charge in [-0.05, 0) is 40.6 Å². The van der Waals surface area contributed by atoms with E-state index in [0.717, 1.165) is 16.3 Å². The second-order valence-electron chi connectivity index (χ2n) is 4.98. The minimum atomic E-state index is -0.0242. The number of pyridine rings is 1. The molecule has 0 saturated heterocycles. The lowest BCUT2D eigenvalue weighted by atomic mass is 9.98. The number of rotatable bonds is 3. The summed E-state index contributed by atoms with van der Waals surface area (Å²) in [6.07, 6.45) is 1.86. The smallest absolute Gasteiger partial charge is 0.169 e. The highest BCUT2D eigenvalue weighted by Crippen LogP contribution is 2.23. The number of carbonyl (C=O) groups is 1. The second-order valence-corrected chi connectivity index (χ2v) is 4.98. The van der Waals surface area contributed by atoms with Gasteiger partial charge in [-0.1, -0.05) is 24.3 Å². The fourth-order valence-electron chi connectivity index (χ4n) is 2.38. The number of carbonyl (C=O) groups excluding carboxylic acids is 1. The maximum absolute atomic E-state index is 12.4. The summed E-state index contributed by atoms with van der Waals surface area (Å²) in [7, 11) is 0. The van der Waals surface area contributed by atoms with Crippen molar-refractivity contribution in [2.45, 2.75) is 6.42 Å². The summed E-state index contributed by atoms with van der Waals surface area (Å²) in [6.45, 7) is 0. The zero-order valence-corrected chi connectivity index (χ0v) is 11.4. The number of hydrogen-bond acceptors (Lipinski definition) is 4. The summed E-state index contributed by atoms with van der Waals surface area (Å²) in [5.41, 5.74) is 13.5. The Bertz CT molecular complexity index is 827. The molecule has 0 spiro atoms. The van der Waals surface area contributed by atoms with E-state index in [0.29, 0.717) is 17.1 Å². The Balaban J connectivity index is 1.96. The minimum Gasteiger partial charge on any atom is -0.398 e. The fourth-order valence-corrected chi connectivity index (χ4v) is 2.38. The molecule has 3 rings (SSSR count). The number of nitrogens with two attached hydrogens (primary N) is 2. The van der Waals surface area contributed by atoms with Gasteiger partial charge in [0.1, 0.15) is 5.82 Å². The van der Waals surface area contributed by atoms with E-state index in [2.05, 4.69) is 4.98 Å². The van der Waals surface area contributed by atoms with Gasteiger partial charge in [0.05, 0.1) is 0 Å². The van der Waals surface area contributed by atoms with Crippen LogP contribution >= 0.6 is 0 Å². The summed E-state index contributed by atoms with van der Waals surface area (Å²) in [5, 5.41) is 2.03. The van der Waals surface area contributed by atoms with Crippen LogP contribution in [-0.2, 0) is 6.42 Å². The predicted octanol–water partition coefficient (Wildman–Crippen LogP) is 2.82. The van der Waals surface area contributed by atoms with Crippen molar-refractivity contribution in [3.63, 3.8) is 0 Å². The zero-order valence-electron chi connectivity index (χ0n) is 11.4. The first-order chi connectivity index (χ1) is 10.1. The molecule has 0 aliphatic rings. The maximum atomic E-state index is 12.4. The highest BCUT2D eigenvalue weighted by atomic mass is 16.1. The molecule has 1 aromatic heterocycles. The lowest BCUT2D eigenvalue weighted by molar-refractivity contribution is 0.0994. The number of nitrogen functional groups attached to an aromatic ring is 2. The maximum Gasteiger partial charge on any atom is 0.169 e. The van der Waals surface area contributed by atoms with E-state index >= 15 is 0 Å². The number of benzene rings is 2. The molecule has 0 fully saturated rings. The zero-order chi connectivity index (χ0) is 14.8. The summed E-state index contributed by atoms with van der Waals surface area (Å²) >= 11 is 0. The van der Waals surface area contributed by atoms with Crippen molar-refractivity contribution in [1.29, 1.82) is 0 Å². The molecule has 0 amide bonds. The molecule has 1 heterocycles. The summed E-state index contributed by atoms with van der Waals surface area (Å²) < 4.78 is 0.